The molecular formula is C45H26N2. The Morgan fingerprint density at radius 3 is 1.79 bits per heavy atom. The quantitative estimate of drug-likeness (QED) is 0.144. The van der Waals surface area contributed by atoms with E-state index < -0.39 is 0 Å². The van der Waals surface area contributed by atoms with Crippen molar-refractivity contribution < 1.29 is 0 Å². The average Bonchev–Trinajstić information content (AvgIpc) is 3.54. The maximum Gasteiger partial charge on any atom is 0.146 e. The number of fused-ring (bicyclic) bond motifs is 10. The van der Waals surface area contributed by atoms with Crippen LogP contribution in [0.1, 0.15) is 0 Å². The first-order valence-corrected chi connectivity index (χ1v) is 16.2. The highest BCUT2D eigenvalue weighted by Gasteiger charge is 2.16. The zero-order chi connectivity index (χ0) is 30.6. The highest BCUT2D eigenvalue weighted by atomic mass is 15.0. The van der Waals surface area contributed by atoms with Crippen molar-refractivity contribution in [1.82, 2.24) is 9.38 Å². The lowest BCUT2D eigenvalue weighted by Gasteiger charge is -2.16. The van der Waals surface area contributed by atoms with Crippen LogP contribution in [-0.2, 0) is 0 Å². The van der Waals surface area contributed by atoms with Crippen LogP contribution in [0.2, 0.25) is 0 Å². The number of aromatic nitrogens is 2. The minimum Gasteiger partial charge on any atom is -0.292 e. The molecule has 0 bridgehead atoms. The molecule has 0 N–H and O–H groups in total. The summed E-state index contributed by atoms with van der Waals surface area (Å²) in [4.78, 5) is 5.07. The van der Waals surface area contributed by atoms with Crippen molar-refractivity contribution in [2.45, 2.75) is 0 Å². The van der Waals surface area contributed by atoms with Gasteiger partial charge in [-0.1, -0.05) is 127 Å². The van der Waals surface area contributed by atoms with Crippen LogP contribution in [0.15, 0.2) is 158 Å². The molecule has 0 saturated carbocycles. The Hall–Kier alpha value is -6.25. The third kappa shape index (κ3) is 3.36. The molecule has 0 fully saturated rings. The van der Waals surface area contributed by atoms with E-state index in [1.165, 1.54) is 87.0 Å². The first kappa shape index (κ1) is 25.0. The Morgan fingerprint density at radius 1 is 0.362 bits per heavy atom. The Kier molecular flexibility index (Phi) is 4.87. The molecule has 0 atom stereocenters. The molecule has 216 valence electrons. The molecule has 0 unspecified atom stereocenters. The Labute approximate surface area is 270 Å². The SMILES string of the molecule is c1ccc2c(c1)nc1c3ccc(-c4ccc(-c5ccc6c7cccc8cccc(c9cccc5c96)c87)cc4)cc3c3ccccc3n21. The highest BCUT2D eigenvalue weighted by molar-refractivity contribution is 6.34. The van der Waals surface area contributed by atoms with E-state index in [2.05, 4.69) is 162 Å². The molecule has 0 aliphatic rings. The van der Waals surface area contributed by atoms with Gasteiger partial charge in [-0.25, -0.2) is 4.98 Å². The van der Waals surface area contributed by atoms with Crippen molar-refractivity contribution in [1.29, 1.82) is 0 Å². The van der Waals surface area contributed by atoms with Gasteiger partial charge in [0.05, 0.1) is 16.6 Å². The van der Waals surface area contributed by atoms with E-state index in [4.69, 9.17) is 4.98 Å². The van der Waals surface area contributed by atoms with Gasteiger partial charge < -0.3 is 0 Å². The smallest absolute Gasteiger partial charge is 0.146 e. The summed E-state index contributed by atoms with van der Waals surface area (Å²) in [6.07, 6.45) is 0. The van der Waals surface area contributed by atoms with Crippen molar-refractivity contribution >= 4 is 81.4 Å². The maximum atomic E-state index is 5.07. The Balaban J connectivity index is 1.08. The first-order chi connectivity index (χ1) is 23.3. The van der Waals surface area contributed by atoms with Crippen LogP contribution >= 0.6 is 0 Å². The fourth-order valence-electron chi connectivity index (χ4n) is 8.23. The molecule has 0 radical (unpaired) electrons. The number of benzene rings is 9. The zero-order valence-electron chi connectivity index (χ0n) is 25.4. The standard InChI is InChI=1S/C45H26N2/c1-3-16-41-32(10-1)39-26-30(22-23-38(39)45-46-40-15-2-4-17-42(40)47(41)45)27-18-20-28(21-19-27)31-24-25-37-35-12-6-9-29-8-5-11-34(43(29)35)36-14-7-13-33(31)44(36)37/h1-26H. The average molecular weight is 595 g/mol. The fourth-order valence-corrected chi connectivity index (χ4v) is 8.23. The van der Waals surface area contributed by atoms with E-state index in [1.807, 2.05) is 0 Å². The molecule has 0 aliphatic carbocycles. The molecule has 2 heteroatoms. The van der Waals surface area contributed by atoms with Gasteiger partial charge in [0.25, 0.3) is 0 Å². The van der Waals surface area contributed by atoms with Crippen LogP contribution in [0.4, 0.5) is 0 Å². The van der Waals surface area contributed by atoms with Gasteiger partial charge in [0.2, 0.25) is 0 Å². The summed E-state index contributed by atoms with van der Waals surface area (Å²) in [5.74, 6) is 0. The van der Waals surface area contributed by atoms with Gasteiger partial charge in [0.1, 0.15) is 5.65 Å². The largest absolute Gasteiger partial charge is 0.292 e. The van der Waals surface area contributed by atoms with E-state index in [1.54, 1.807) is 0 Å². The molecule has 0 spiro atoms. The molecule has 0 aliphatic heterocycles. The molecule has 2 heterocycles. The number of pyridine rings is 1. The Bertz CT molecular complexity index is 3010. The summed E-state index contributed by atoms with van der Waals surface area (Å²) < 4.78 is 2.31. The second-order valence-electron chi connectivity index (χ2n) is 12.7. The monoisotopic (exact) mass is 594 g/mol. The van der Waals surface area contributed by atoms with E-state index >= 15 is 0 Å². The molecule has 11 rings (SSSR count). The number of hydrogen-bond donors (Lipinski definition) is 0. The minimum atomic E-state index is 1.00. The van der Waals surface area contributed by atoms with E-state index in [0.717, 1.165) is 16.7 Å². The molecule has 9 aromatic carbocycles. The summed E-state index contributed by atoms with van der Waals surface area (Å²) in [6.45, 7) is 0. The van der Waals surface area contributed by atoms with Crippen LogP contribution in [0.25, 0.3) is 104 Å². The van der Waals surface area contributed by atoms with Crippen molar-refractivity contribution in [2.75, 3.05) is 0 Å². The summed E-state index contributed by atoms with van der Waals surface area (Å²) >= 11 is 0. The van der Waals surface area contributed by atoms with Gasteiger partial charge in [-0.05, 0) is 101 Å². The lowest BCUT2D eigenvalue weighted by Crippen LogP contribution is -1.92. The molecule has 11 aromatic rings. The molecule has 0 saturated heterocycles. The van der Waals surface area contributed by atoms with Gasteiger partial charge in [-0.2, -0.15) is 0 Å². The molecule has 0 amide bonds. The van der Waals surface area contributed by atoms with Crippen LogP contribution in [0.3, 0.4) is 0 Å². The van der Waals surface area contributed by atoms with Gasteiger partial charge in [-0.3, -0.25) is 4.40 Å². The number of nitrogens with zero attached hydrogens (tertiary/aromatic N) is 2. The second-order valence-corrected chi connectivity index (χ2v) is 12.7. The minimum absolute atomic E-state index is 1.00. The molecule has 2 aromatic heterocycles. The summed E-state index contributed by atoms with van der Waals surface area (Å²) in [7, 11) is 0. The summed E-state index contributed by atoms with van der Waals surface area (Å²) in [5, 5.41) is 14.2. The Morgan fingerprint density at radius 2 is 0.957 bits per heavy atom. The summed E-state index contributed by atoms with van der Waals surface area (Å²) in [6, 6.07) is 57.8. The topological polar surface area (TPSA) is 17.3 Å². The summed E-state index contributed by atoms with van der Waals surface area (Å²) in [5.41, 5.74) is 9.24. The van der Waals surface area contributed by atoms with Crippen LogP contribution < -0.4 is 0 Å². The lowest BCUT2D eigenvalue weighted by atomic mass is 9.87. The number of imidazole rings is 1. The number of para-hydroxylation sites is 3. The van der Waals surface area contributed by atoms with Crippen LogP contribution in [0.5, 0.6) is 0 Å². The van der Waals surface area contributed by atoms with Gasteiger partial charge >= 0.3 is 0 Å². The molecular weight excluding hydrogens is 569 g/mol. The third-order valence-corrected chi connectivity index (χ3v) is 10.3. The van der Waals surface area contributed by atoms with Crippen molar-refractivity contribution in [3.05, 3.63) is 158 Å². The van der Waals surface area contributed by atoms with E-state index in [0.29, 0.717) is 0 Å². The van der Waals surface area contributed by atoms with Crippen LogP contribution in [-0.4, -0.2) is 9.38 Å². The normalized spacial score (nSPS) is 12.3. The maximum absolute atomic E-state index is 5.07. The van der Waals surface area contributed by atoms with Gasteiger partial charge in [-0.15, -0.1) is 0 Å². The van der Waals surface area contributed by atoms with Gasteiger partial charge in [0.15, 0.2) is 0 Å². The third-order valence-electron chi connectivity index (χ3n) is 10.3. The zero-order valence-corrected chi connectivity index (χ0v) is 25.4. The number of hydrogen-bond acceptors (Lipinski definition) is 1. The fraction of sp³-hybridized carbons (Fsp3) is 0. The highest BCUT2D eigenvalue weighted by Crippen LogP contribution is 2.43. The van der Waals surface area contributed by atoms with Crippen molar-refractivity contribution in [2.24, 2.45) is 0 Å². The van der Waals surface area contributed by atoms with E-state index in [9.17, 15) is 0 Å². The van der Waals surface area contributed by atoms with Crippen molar-refractivity contribution in [3.63, 3.8) is 0 Å². The van der Waals surface area contributed by atoms with Crippen molar-refractivity contribution in [3.8, 4) is 22.3 Å². The van der Waals surface area contributed by atoms with E-state index in [-0.39, 0.29) is 0 Å². The lowest BCUT2D eigenvalue weighted by molar-refractivity contribution is 1.31. The second kappa shape index (κ2) is 9.15. The molecule has 47 heavy (non-hydrogen) atoms. The van der Waals surface area contributed by atoms with Gasteiger partial charge in [0, 0.05) is 10.8 Å². The molecule has 2 nitrogen and oxygen atoms in total. The predicted molar refractivity (Wildman–Crippen MR) is 200 cm³/mol. The predicted octanol–water partition coefficient (Wildman–Crippen LogP) is 12.2. The first-order valence-electron chi connectivity index (χ1n) is 16.2. The number of rotatable bonds is 2. The van der Waals surface area contributed by atoms with Crippen LogP contribution in [0, 0.1) is 0 Å².